The fraction of sp³-hybridized carbons (Fsp3) is 0.595. The summed E-state index contributed by atoms with van der Waals surface area (Å²) in [4.78, 5) is 120. The van der Waals surface area contributed by atoms with Crippen LogP contribution in [0.4, 0.5) is 0 Å². The molecule has 0 radical (unpaired) electrons. The number of nitrogens with zero attached hydrogens (tertiary/aromatic N) is 1. The van der Waals surface area contributed by atoms with Crippen molar-refractivity contribution in [2.24, 2.45) is 17.6 Å². The van der Waals surface area contributed by atoms with Gasteiger partial charge in [0.05, 0.1) is 18.9 Å². The first-order valence-electron chi connectivity index (χ1n) is 21.2. The molecule has 1 aromatic carbocycles. The van der Waals surface area contributed by atoms with Crippen LogP contribution in [0.2, 0.25) is 6.32 Å². The fourth-order valence-corrected chi connectivity index (χ4v) is 7.19. The SMILES string of the molecule is Cc1ccccc1C[C@H](NC(=O)[C@H](CCC(=O)O)NC(=O)[C@@H](N)CC(=O)O)C(=O)N(C(=O)CCC(=O)O)[C@@H](CC1CCCCC1)C(=O)N[C@@H](CC(C)C)C(=O)NC=CCCB(O)O. The highest BCUT2D eigenvalue weighted by molar-refractivity contribution is 6.40. The van der Waals surface area contributed by atoms with Crippen molar-refractivity contribution in [1.29, 1.82) is 0 Å². The van der Waals surface area contributed by atoms with E-state index in [-0.39, 0.29) is 43.8 Å². The molecule has 0 heterocycles. The van der Waals surface area contributed by atoms with Crippen LogP contribution in [-0.2, 0) is 49.6 Å². The molecule has 6 amide bonds. The molecule has 21 heteroatoms. The molecule has 20 nitrogen and oxygen atoms in total. The Hall–Kier alpha value is -5.67. The summed E-state index contributed by atoms with van der Waals surface area (Å²) in [5, 5.41) is 56.5. The second-order valence-electron chi connectivity index (χ2n) is 16.3. The van der Waals surface area contributed by atoms with E-state index in [0.717, 1.165) is 19.3 Å². The van der Waals surface area contributed by atoms with Gasteiger partial charge >= 0.3 is 25.0 Å². The molecule has 0 aromatic heterocycles. The Labute approximate surface area is 366 Å². The summed E-state index contributed by atoms with van der Waals surface area (Å²) in [6.45, 7) is 5.33. The summed E-state index contributed by atoms with van der Waals surface area (Å²) >= 11 is 0. The van der Waals surface area contributed by atoms with Crippen LogP contribution in [0.15, 0.2) is 36.5 Å². The number of rotatable bonds is 27. The second kappa shape index (κ2) is 27.4. The van der Waals surface area contributed by atoms with E-state index in [0.29, 0.717) is 28.9 Å². The summed E-state index contributed by atoms with van der Waals surface area (Å²) in [5.74, 6) is -10.4. The molecule has 0 unspecified atom stereocenters. The Balaban J connectivity index is 2.74. The third-order valence-electron chi connectivity index (χ3n) is 10.5. The third kappa shape index (κ3) is 19.9. The zero-order valence-corrected chi connectivity index (χ0v) is 36.1. The molecular formula is C42H63BN6O14. The maximum atomic E-state index is 15.1. The molecule has 2 rings (SSSR count). The molecule has 0 saturated heterocycles. The van der Waals surface area contributed by atoms with Crippen LogP contribution in [0.5, 0.6) is 0 Å². The van der Waals surface area contributed by atoms with Gasteiger partial charge in [0, 0.05) is 19.3 Å². The highest BCUT2D eigenvalue weighted by atomic mass is 16.4. The molecule has 5 atom stereocenters. The van der Waals surface area contributed by atoms with E-state index < -0.39 is 123 Å². The molecule has 1 fully saturated rings. The van der Waals surface area contributed by atoms with Gasteiger partial charge in [-0.1, -0.05) is 76.3 Å². The molecule has 1 aliphatic rings. The van der Waals surface area contributed by atoms with E-state index in [4.69, 9.17) is 20.9 Å². The fourth-order valence-electron chi connectivity index (χ4n) is 7.19. The maximum absolute atomic E-state index is 15.1. The van der Waals surface area contributed by atoms with Crippen LogP contribution >= 0.6 is 0 Å². The van der Waals surface area contributed by atoms with Crippen molar-refractivity contribution in [3.8, 4) is 0 Å². The summed E-state index contributed by atoms with van der Waals surface area (Å²) < 4.78 is 0. The van der Waals surface area contributed by atoms with Gasteiger partial charge in [-0.2, -0.15) is 0 Å². The van der Waals surface area contributed by atoms with Crippen LogP contribution in [0.1, 0.15) is 108 Å². The molecule has 0 bridgehead atoms. The van der Waals surface area contributed by atoms with Crippen molar-refractivity contribution in [2.45, 2.75) is 147 Å². The van der Waals surface area contributed by atoms with Gasteiger partial charge in [0.25, 0.3) is 5.91 Å². The van der Waals surface area contributed by atoms with Gasteiger partial charge in [0.15, 0.2) is 0 Å². The van der Waals surface area contributed by atoms with Crippen molar-refractivity contribution < 1.29 is 68.5 Å². The van der Waals surface area contributed by atoms with Gasteiger partial charge in [-0.3, -0.25) is 48.1 Å². The number of hydrogen-bond donors (Lipinski definition) is 10. The number of carbonyl (C=O) groups excluding carboxylic acids is 6. The lowest BCUT2D eigenvalue weighted by Gasteiger charge is -2.36. The standard InChI is InChI=1S/C42H63BN6O14/c1-25(2)21-31(39(58)45-20-10-9-19-43(62)63)47-41(60)33(22-27-12-5-4-6-13-27)49(34(50)16-18-36(53)54)42(61)32(23-28-14-8-7-11-26(28)3)48-40(59)30(15-17-35(51)52)46-38(57)29(44)24-37(55)56/h7-8,10-11,14,20,25,27,29-33,62-63H,4-6,9,12-13,15-19,21-24,44H2,1-3H3,(H,45,58)(H,46,57)(H,47,60)(H,48,59)(H,51,52)(H,53,54)(H,55,56)/t29-,30-,31-,32-,33-/m0/s1. The highest BCUT2D eigenvalue weighted by Crippen LogP contribution is 2.30. The molecule has 1 aromatic rings. The Bertz CT molecular complexity index is 1790. The molecule has 1 aliphatic carbocycles. The van der Waals surface area contributed by atoms with Gasteiger partial charge in [0.2, 0.25) is 29.5 Å². The minimum absolute atomic E-state index is 0.00498. The highest BCUT2D eigenvalue weighted by Gasteiger charge is 2.42. The largest absolute Gasteiger partial charge is 0.481 e. The van der Waals surface area contributed by atoms with Crippen molar-refractivity contribution in [2.75, 3.05) is 0 Å². The van der Waals surface area contributed by atoms with Crippen LogP contribution in [0.3, 0.4) is 0 Å². The Kier molecular flexibility index (Phi) is 23.3. The van der Waals surface area contributed by atoms with Crippen molar-refractivity contribution in [1.82, 2.24) is 26.2 Å². The number of carboxylic acids is 3. The summed E-state index contributed by atoms with van der Waals surface area (Å²) in [6.07, 6.45) is 3.06. The third-order valence-corrected chi connectivity index (χ3v) is 10.5. The van der Waals surface area contributed by atoms with E-state index >= 15 is 4.79 Å². The number of imide groups is 1. The van der Waals surface area contributed by atoms with E-state index in [1.165, 1.54) is 12.3 Å². The number of carbonyl (C=O) groups is 9. The molecule has 0 spiro atoms. The van der Waals surface area contributed by atoms with Gasteiger partial charge < -0.3 is 52.4 Å². The van der Waals surface area contributed by atoms with Gasteiger partial charge in [-0.25, -0.2) is 0 Å². The van der Waals surface area contributed by atoms with Crippen molar-refractivity contribution >= 4 is 60.5 Å². The number of carboxylic acid groups (broad SMARTS) is 3. The Morgan fingerprint density at radius 3 is 2.00 bits per heavy atom. The van der Waals surface area contributed by atoms with Gasteiger partial charge in [-0.05, 0) is 68.1 Å². The van der Waals surface area contributed by atoms with Gasteiger partial charge in [-0.15, -0.1) is 0 Å². The average molecular weight is 887 g/mol. The van der Waals surface area contributed by atoms with E-state index in [1.807, 2.05) is 0 Å². The number of aryl methyl sites for hydroxylation is 1. The quantitative estimate of drug-likeness (QED) is 0.0545. The van der Waals surface area contributed by atoms with E-state index in [1.54, 1.807) is 45.0 Å². The minimum Gasteiger partial charge on any atom is -0.481 e. The first kappa shape index (κ1) is 53.5. The first-order valence-corrected chi connectivity index (χ1v) is 21.2. The van der Waals surface area contributed by atoms with Crippen LogP contribution < -0.4 is 27.0 Å². The number of aliphatic carboxylic acids is 3. The second-order valence-corrected chi connectivity index (χ2v) is 16.3. The zero-order chi connectivity index (χ0) is 47.2. The zero-order valence-electron chi connectivity index (χ0n) is 36.1. The molecule has 11 N–H and O–H groups in total. The summed E-state index contributed by atoms with van der Waals surface area (Å²) in [6, 6.07) is -1.06. The smallest absolute Gasteiger partial charge is 0.451 e. The average Bonchev–Trinajstić information content (AvgIpc) is 3.20. The van der Waals surface area contributed by atoms with E-state index in [9.17, 15) is 48.6 Å². The van der Waals surface area contributed by atoms with Crippen molar-refractivity contribution in [3.63, 3.8) is 0 Å². The molecule has 0 aliphatic heterocycles. The lowest BCUT2D eigenvalue weighted by molar-refractivity contribution is -0.156. The first-order chi connectivity index (χ1) is 29.7. The topological polar surface area (TPSA) is 332 Å². The summed E-state index contributed by atoms with van der Waals surface area (Å²) in [5.41, 5.74) is 6.88. The lowest BCUT2D eigenvalue weighted by Crippen LogP contribution is -2.62. The minimum atomic E-state index is -1.69. The number of benzene rings is 1. The predicted octanol–water partition coefficient (Wildman–Crippen LogP) is 0.757. The van der Waals surface area contributed by atoms with E-state index in [2.05, 4.69) is 21.3 Å². The van der Waals surface area contributed by atoms with Crippen LogP contribution in [0.25, 0.3) is 0 Å². The molecular weight excluding hydrogens is 823 g/mol. The molecule has 348 valence electrons. The van der Waals surface area contributed by atoms with Gasteiger partial charge in [0.1, 0.15) is 24.2 Å². The number of nitrogens with two attached hydrogens (primary N) is 1. The molecule has 1 saturated carbocycles. The lowest BCUT2D eigenvalue weighted by atomic mass is 9.84. The molecule has 63 heavy (non-hydrogen) atoms. The number of hydrogen-bond acceptors (Lipinski definition) is 12. The van der Waals surface area contributed by atoms with Crippen molar-refractivity contribution in [3.05, 3.63) is 47.7 Å². The number of nitrogens with one attached hydrogen (secondary N) is 4. The monoisotopic (exact) mass is 886 g/mol. The number of allylic oxidation sites excluding steroid dienone is 1. The maximum Gasteiger partial charge on any atom is 0.451 e. The number of amides is 6. The predicted molar refractivity (Wildman–Crippen MR) is 228 cm³/mol. The Morgan fingerprint density at radius 2 is 1.41 bits per heavy atom. The summed E-state index contributed by atoms with van der Waals surface area (Å²) in [7, 11) is -1.55. The normalized spacial score (nSPS) is 15.3. The Morgan fingerprint density at radius 1 is 0.794 bits per heavy atom. The van der Waals surface area contributed by atoms with Crippen LogP contribution in [-0.4, -0.2) is 121 Å². The van der Waals surface area contributed by atoms with Crippen LogP contribution in [0, 0.1) is 18.8 Å².